The van der Waals surface area contributed by atoms with E-state index < -0.39 is 11.8 Å². The molecule has 90 valence electrons. The van der Waals surface area contributed by atoms with Gasteiger partial charge in [-0.15, -0.1) is 0 Å². The van der Waals surface area contributed by atoms with Gasteiger partial charge in [-0.1, -0.05) is 17.7 Å². The molecule has 2 N–H and O–H groups in total. The second kappa shape index (κ2) is 5.42. The lowest BCUT2D eigenvalue weighted by molar-refractivity contribution is -0.136. The van der Waals surface area contributed by atoms with Crippen molar-refractivity contribution in [3.05, 3.63) is 29.3 Å². The predicted molar refractivity (Wildman–Crippen MR) is 69.3 cm³/mol. The molecule has 1 unspecified atom stereocenters. The van der Waals surface area contributed by atoms with E-state index in [-0.39, 0.29) is 0 Å². The number of thioether (sulfide) groups is 1. The molecule has 0 spiro atoms. The summed E-state index contributed by atoms with van der Waals surface area (Å²) in [5.41, 5.74) is 0.512. The van der Waals surface area contributed by atoms with Crippen LogP contribution in [0.15, 0.2) is 24.3 Å². The molecule has 0 radical (unpaired) electrons. The topological polar surface area (TPSA) is 58.2 Å². The molecule has 0 aliphatic carbocycles. The number of hydrogen-bond donors (Lipinski definition) is 2. The molecule has 1 atom stereocenters. The van der Waals surface area contributed by atoms with Gasteiger partial charge in [-0.05, 0) is 18.2 Å². The number of carbonyl (C=O) groups is 2. The van der Waals surface area contributed by atoms with E-state index in [1.54, 1.807) is 36.0 Å². The van der Waals surface area contributed by atoms with Gasteiger partial charge in [0, 0.05) is 28.3 Å². The Morgan fingerprint density at radius 1 is 1.41 bits per heavy atom. The first-order valence-corrected chi connectivity index (χ1v) is 6.54. The minimum atomic E-state index is -0.669. The first-order valence-electron chi connectivity index (χ1n) is 5.11. The van der Waals surface area contributed by atoms with E-state index in [2.05, 4.69) is 10.6 Å². The highest BCUT2D eigenvalue weighted by molar-refractivity contribution is 8.06. The molecular weight excluding hydrogens is 260 g/mol. The number of carbonyl (C=O) groups excluding carboxylic acids is 2. The quantitative estimate of drug-likeness (QED) is 0.647. The zero-order valence-corrected chi connectivity index (χ0v) is 10.5. The van der Waals surface area contributed by atoms with Crippen LogP contribution in [0.5, 0.6) is 0 Å². The van der Waals surface area contributed by atoms with Crippen LogP contribution in [0.4, 0.5) is 5.69 Å². The van der Waals surface area contributed by atoms with E-state index in [1.807, 2.05) is 0 Å². The number of amides is 2. The molecule has 0 saturated carbocycles. The van der Waals surface area contributed by atoms with Crippen molar-refractivity contribution in [1.29, 1.82) is 0 Å². The third kappa shape index (κ3) is 3.94. The highest BCUT2D eigenvalue weighted by atomic mass is 35.5. The smallest absolute Gasteiger partial charge is 0.313 e. The van der Waals surface area contributed by atoms with Gasteiger partial charge in [-0.3, -0.25) is 9.59 Å². The molecule has 2 rings (SSSR count). The molecule has 0 aromatic heterocycles. The largest absolute Gasteiger partial charge is 0.347 e. The summed E-state index contributed by atoms with van der Waals surface area (Å²) in [6.07, 6.45) is 0. The first-order chi connectivity index (χ1) is 8.15. The Balaban J connectivity index is 1.84. The molecule has 1 saturated heterocycles. The van der Waals surface area contributed by atoms with Gasteiger partial charge in [0.25, 0.3) is 0 Å². The molecule has 17 heavy (non-hydrogen) atoms. The number of hydrogen-bond acceptors (Lipinski definition) is 3. The van der Waals surface area contributed by atoms with Gasteiger partial charge in [0.1, 0.15) is 0 Å². The maximum Gasteiger partial charge on any atom is 0.313 e. The van der Waals surface area contributed by atoms with Crippen molar-refractivity contribution in [3.8, 4) is 0 Å². The summed E-state index contributed by atoms with van der Waals surface area (Å²) in [6, 6.07) is 6.66. The fourth-order valence-electron chi connectivity index (χ4n) is 1.23. The third-order valence-corrected chi connectivity index (χ3v) is 3.39. The minimum absolute atomic E-state index is 0.470. The molecule has 1 aliphatic rings. The summed E-state index contributed by atoms with van der Waals surface area (Å²) >= 11 is 7.53. The summed E-state index contributed by atoms with van der Waals surface area (Å²) in [7, 11) is 0. The highest BCUT2D eigenvalue weighted by Gasteiger charge is 2.24. The fraction of sp³-hybridized carbons (Fsp3) is 0.273. The number of halogens is 1. The first kappa shape index (κ1) is 12.3. The summed E-state index contributed by atoms with van der Waals surface area (Å²) in [4.78, 5) is 22.9. The van der Waals surface area contributed by atoms with Crippen LogP contribution in [0.25, 0.3) is 0 Å². The van der Waals surface area contributed by atoms with Crippen LogP contribution < -0.4 is 10.6 Å². The Kier molecular flexibility index (Phi) is 3.91. The van der Waals surface area contributed by atoms with Crippen molar-refractivity contribution in [2.45, 2.75) is 5.25 Å². The van der Waals surface area contributed by atoms with Gasteiger partial charge in [0.05, 0.1) is 0 Å². The lowest BCUT2D eigenvalue weighted by atomic mass is 10.3. The van der Waals surface area contributed by atoms with Crippen molar-refractivity contribution in [2.24, 2.45) is 0 Å². The van der Waals surface area contributed by atoms with Crippen molar-refractivity contribution >= 4 is 40.9 Å². The monoisotopic (exact) mass is 270 g/mol. The Morgan fingerprint density at radius 2 is 2.18 bits per heavy atom. The summed E-state index contributed by atoms with van der Waals surface area (Å²) in [5.74, 6) is -0.230. The van der Waals surface area contributed by atoms with Gasteiger partial charge >= 0.3 is 11.8 Å². The normalized spacial score (nSPS) is 17.4. The lowest BCUT2D eigenvalue weighted by Gasteiger charge is -2.05. The zero-order chi connectivity index (χ0) is 12.3. The van der Waals surface area contributed by atoms with Crippen molar-refractivity contribution in [3.63, 3.8) is 0 Å². The Bertz CT molecular complexity index is 449. The van der Waals surface area contributed by atoms with Crippen LogP contribution in [-0.2, 0) is 9.59 Å². The molecule has 4 nitrogen and oxygen atoms in total. The van der Waals surface area contributed by atoms with E-state index in [0.29, 0.717) is 22.5 Å². The zero-order valence-electron chi connectivity index (χ0n) is 8.90. The fourth-order valence-corrected chi connectivity index (χ4v) is 1.87. The second-order valence-corrected chi connectivity index (χ2v) is 5.40. The molecule has 1 aliphatic heterocycles. The average Bonchev–Trinajstić information content (AvgIpc) is 3.09. The van der Waals surface area contributed by atoms with Crippen molar-refractivity contribution in [2.75, 3.05) is 17.6 Å². The molecule has 0 bridgehead atoms. The van der Waals surface area contributed by atoms with E-state index >= 15 is 0 Å². The summed E-state index contributed by atoms with van der Waals surface area (Å²) in [6.45, 7) is 0.548. The Labute approximate surface area is 108 Å². The molecule has 1 fully saturated rings. The standard InChI is InChI=1S/C11H11ClN2O2S/c12-7-2-1-3-8(4-7)14-11(16)10(15)13-5-9-6-17-9/h1-4,9H,5-6H2,(H,13,15)(H,14,16). The molecule has 2 amide bonds. The van der Waals surface area contributed by atoms with Crippen LogP contribution in [0.2, 0.25) is 5.02 Å². The Hall–Kier alpha value is -1.20. The average molecular weight is 271 g/mol. The lowest BCUT2D eigenvalue weighted by Crippen LogP contribution is -2.37. The summed E-state index contributed by atoms with van der Waals surface area (Å²) < 4.78 is 0. The van der Waals surface area contributed by atoms with Crippen LogP contribution in [0.1, 0.15) is 0 Å². The molecule has 1 heterocycles. The second-order valence-electron chi connectivity index (χ2n) is 3.63. The van der Waals surface area contributed by atoms with Gasteiger partial charge in [-0.25, -0.2) is 0 Å². The van der Waals surface area contributed by atoms with Crippen molar-refractivity contribution < 1.29 is 9.59 Å². The maximum absolute atomic E-state index is 11.5. The van der Waals surface area contributed by atoms with Gasteiger partial charge in [-0.2, -0.15) is 11.8 Å². The molecule has 6 heteroatoms. The van der Waals surface area contributed by atoms with Crippen LogP contribution in [-0.4, -0.2) is 29.4 Å². The van der Waals surface area contributed by atoms with E-state index in [1.165, 1.54) is 0 Å². The highest BCUT2D eigenvalue weighted by Crippen LogP contribution is 2.28. The number of benzene rings is 1. The molecule has 1 aromatic carbocycles. The minimum Gasteiger partial charge on any atom is -0.347 e. The van der Waals surface area contributed by atoms with Crippen LogP contribution in [0.3, 0.4) is 0 Å². The van der Waals surface area contributed by atoms with Crippen LogP contribution in [0, 0.1) is 0 Å². The maximum atomic E-state index is 11.5. The SMILES string of the molecule is O=C(NCC1CS1)C(=O)Nc1cccc(Cl)c1. The third-order valence-electron chi connectivity index (χ3n) is 2.18. The Morgan fingerprint density at radius 3 is 2.82 bits per heavy atom. The molecular formula is C11H11ClN2O2S. The van der Waals surface area contributed by atoms with Gasteiger partial charge in [0.2, 0.25) is 0 Å². The molecule has 1 aromatic rings. The van der Waals surface area contributed by atoms with Crippen LogP contribution >= 0.6 is 23.4 Å². The number of anilines is 1. The van der Waals surface area contributed by atoms with Crippen molar-refractivity contribution in [1.82, 2.24) is 5.32 Å². The van der Waals surface area contributed by atoms with E-state index in [9.17, 15) is 9.59 Å². The number of nitrogens with one attached hydrogen (secondary N) is 2. The number of rotatable bonds is 3. The van der Waals surface area contributed by atoms with E-state index in [0.717, 1.165) is 5.75 Å². The van der Waals surface area contributed by atoms with Gasteiger partial charge < -0.3 is 10.6 Å². The van der Waals surface area contributed by atoms with E-state index in [4.69, 9.17) is 11.6 Å². The predicted octanol–water partition coefficient (Wildman–Crippen LogP) is 1.51. The summed E-state index contributed by atoms with van der Waals surface area (Å²) in [5, 5.41) is 6.04. The van der Waals surface area contributed by atoms with Gasteiger partial charge in [0.15, 0.2) is 0 Å².